The van der Waals surface area contributed by atoms with Gasteiger partial charge in [-0.05, 0) is 24.5 Å². The molecule has 0 amide bonds. The maximum absolute atomic E-state index is 12.4. The van der Waals surface area contributed by atoms with Crippen LogP contribution < -0.4 is 10.1 Å². The lowest BCUT2D eigenvalue weighted by Gasteiger charge is -2.31. The molecule has 1 aromatic rings. The molecule has 0 fully saturated rings. The smallest absolute Gasteiger partial charge is 0.480 e. The minimum atomic E-state index is -4.79. The predicted molar refractivity (Wildman–Crippen MR) is 64.4 cm³/mol. The zero-order valence-electron chi connectivity index (χ0n) is 10.7. The molecule has 7 heteroatoms. The summed E-state index contributed by atoms with van der Waals surface area (Å²) in [7, 11) is 0. The molecule has 0 aromatic heterocycles. The van der Waals surface area contributed by atoms with Gasteiger partial charge < -0.3 is 9.84 Å². The molecule has 0 aliphatic carbocycles. The number of carboxylic acids is 1. The summed E-state index contributed by atoms with van der Waals surface area (Å²) in [6.07, 6.45) is -3.87. The van der Waals surface area contributed by atoms with Crippen LogP contribution in [0.15, 0.2) is 18.2 Å². The van der Waals surface area contributed by atoms with Crippen molar-refractivity contribution in [3.63, 3.8) is 0 Å². The topological polar surface area (TPSA) is 58.6 Å². The minimum Gasteiger partial charge on any atom is -0.480 e. The maximum atomic E-state index is 12.4. The Morgan fingerprint density at radius 2 is 2.20 bits per heavy atom. The molecule has 1 aliphatic heterocycles. The molecule has 1 aliphatic rings. The Labute approximate surface area is 113 Å². The molecule has 0 saturated carbocycles. The van der Waals surface area contributed by atoms with Gasteiger partial charge >= 0.3 is 12.3 Å². The lowest BCUT2D eigenvalue weighted by Crippen LogP contribution is -2.42. The largest absolute Gasteiger partial charge is 0.573 e. The van der Waals surface area contributed by atoms with E-state index in [2.05, 4.69) is 10.1 Å². The van der Waals surface area contributed by atoms with Crippen molar-refractivity contribution in [1.82, 2.24) is 5.32 Å². The van der Waals surface area contributed by atoms with Crippen molar-refractivity contribution < 1.29 is 27.8 Å². The number of hydrogen-bond donors (Lipinski definition) is 2. The summed E-state index contributed by atoms with van der Waals surface area (Å²) >= 11 is 0. The van der Waals surface area contributed by atoms with Crippen LogP contribution in [0.2, 0.25) is 0 Å². The molecule has 1 heterocycles. The Morgan fingerprint density at radius 3 is 2.75 bits per heavy atom. The molecule has 2 unspecified atom stereocenters. The molecule has 1 aromatic carbocycles. The molecule has 2 atom stereocenters. The fourth-order valence-electron chi connectivity index (χ4n) is 2.39. The molecular weight excluding hydrogens is 275 g/mol. The van der Waals surface area contributed by atoms with Gasteiger partial charge in [0.2, 0.25) is 0 Å². The minimum absolute atomic E-state index is 0.193. The summed E-state index contributed by atoms with van der Waals surface area (Å²) in [6, 6.07) is 2.88. The van der Waals surface area contributed by atoms with Crippen LogP contribution in [-0.4, -0.2) is 23.5 Å². The first-order valence-corrected chi connectivity index (χ1v) is 6.18. The van der Waals surface area contributed by atoms with Gasteiger partial charge in [0.25, 0.3) is 0 Å². The van der Waals surface area contributed by atoms with E-state index < -0.39 is 18.4 Å². The van der Waals surface area contributed by atoms with Crippen molar-refractivity contribution in [1.29, 1.82) is 0 Å². The Bertz CT molecular complexity index is 516. The number of benzene rings is 1. The van der Waals surface area contributed by atoms with Crippen LogP contribution in [0.5, 0.6) is 5.75 Å². The third kappa shape index (κ3) is 3.04. The number of nitrogens with one attached hydrogen (secondary N) is 1. The Balaban J connectivity index is 2.45. The number of ether oxygens (including phenoxy) is 1. The van der Waals surface area contributed by atoms with E-state index in [4.69, 9.17) is 0 Å². The molecule has 0 bridgehead atoms. The summed E-state index contributed by atoms with van der Waals surface area (Å²) in [5.74, 6) is -1.44. The van der Waals surface area contributed by atoms with Crippen LogP contribution >= 0.6 is 0 Å². The summed E-state index contributed by atoms with van der Waals surface area (Å²) < 4.78 is 41.2. The van der Waals surface area contributed by atoms with Gasteiger partial charge in [-0.2, -0.15) is 0 Å². The number of carboxylic acid groups (broad SMARTS) is 1. The van der Waals surface area contributed by atoms with Gasteiger partial charge in [-0.15, -0.1) is 13.2 Å². The number of rotatable bonds is 3. The summed E-state index contributed by atoms with van der Waals surface area (Å²) in [6.45, 7) is 1.84. The Hall–Kier alpha value is -1.76. The Kier molecular flexibility index (Phi) is 3.89. The van der Waals surface area contributed by atoms with E-state index in [9.17, 15) is 23.1 Å². The highest BCUT2D eigenvalue weighted by molar-refractivity contribution is 5.77. The Morgan fingerprint density at radius 1 is 1.50 bits per heavy atom. The van der Waals surface area contributed by atoms with E-state index in [1.807, 2.05) is 6.92 Å². The van der Waals surface area contributed by atoms with Crippen LogP contribution in [0, 0.1) is 0 Å². The van der Waals surface area contributed by atoms with E-state index in [0.29, 0.717) is 24.0 Å². The summed E-state index contributed by atoms with van der Waals surface area (Å²) in [4.78, 5) is 11.2. The van der Waals surface area contributed by atoms with Crippen LogP contribution in [-0.2, 0) is 11.2 Å². The monoisotopic (exact) mass is 289 g/mol. The van der Waals surface area contributed by atoms with Gasteiger partial charge in [0.05, 0.1) is 0 Å². The van der Waals surface area contributed by atoms with E-state index in [-0.39, 0.29) is 11.8 Å². The number of hydrogen-bond acceptors (Lipinski definition) is 3. The zero-order chi connectivity index (χ0) is 14.9. The molecule has 0 spiro atoms. The van der Waals surface area contributed by atoms with Crippen molar-refractivity contribution in [2.45, 2.75) is 38.2 Å². The van der Waals surface area contributed by atoms with Gasteiger partial charge in [0.15, 0.2) is 0 Å². The van der Waals surface area contributed by atoms with Crippen LogP contribution in [0.3, 0.4) is 0 Å². The van der Waals surface area contributed by atoms with Crippen molar-refractivity contribution in [2.75, 3.05) is 0 Å². The molecule has 0 radical (unpaired) electrons. The van der Waals surface area contributed by atoms with Gasteiger partial charge in [-0.3, -0.25) is 10.1 Å². The number of halogens is 3. The lowest BCUT2D eigenvalue weighted by molar-refractivity contribution is -0.275. The van der Waals surface area contributed by atoms with Gasteiger partial charge in [-0.25, -0.2) is 0 Å². The van der Waals surface area contributed by atoms with E-state index in [1.54, 1.807) is 0 Å². The van der Waals surface area contributed by atoms with Crippen LogP contribution in [0.4, 0.5) is 13.2 Å². The fourth-order valence-corrected chi connectivity index (χ4v) is 2.39. The van der Waals surface area contributed by atoms with E-state index in [0.717, 1.165) is 0 Å². The lowest BCUT2D eigenvalue weighted by atomic mass is 9.88. The second kappa shape index (κ2) is 5.32. The number of aliphatic carboxylic acids is 1. The first-order chi connectivity index (χ1) is 9.31. The highest BCUT2D eigenvalue weighted by Crippen LogP contribution is 2.35. The average Bonchev–Trinajstić information content (AvgIpc) is 2.36. The standard InChI is InChI=1S/C13H14F3NO3/c1-2-7-6-9-8(11(17-7)12(18)19)4-3-5-10(9)20-13(14,15)16/h3-5,7,11,17H,2,6H2,1H3,(H,18,19). The summed E-state index contributed by atoms with van der Waals surface area (Å²) in [5.41, 5.74) is 0.631. The van der Waals surface area contributed by atoms with E-state index in [1.165, 1.54) is 18.2 Å². The van der Waals surface area contributed by atoms with Crippen LogP contribution in [0.1, 0.15) is 30.5 Å². The molecule has 0 saturated heterocycles. The molecule has 2 rings (SSSR count). The fraction of sp³-hybridized carbons (Fsp3) is 0.462. The third-order valence-corrected chi connectivity index (χ3v) is 3.30. The van der Waals surface area contributed by atoms with Gasteiger partial charge in [0, 0.05) is 11.6 Å². The quantitative estimate of drug-likeness (QED) is 0.898. The highest BCUT2D eigenvalue weighted by Gasteiger charge is 2.36. The zero-order valence-corrected chi connectivity index (χ0v) is 10.7. The predicted octanol–water partition coefficient (Wildman–Crippen LogP) is 2.64. The van der Waals surface area contributed by atoms with Crippen molar-refractivity contribution in [3.05, 3.63) is 29.3 Å². The second-order valence-corrected chi connectivity index (χ2v) is 4.62. The average molecular weight is 289 g/mol. The maximum Gasteiger partial charge on any atom is 0.573 e. The third-order valence-electron chi connectivity index (χ3n) is 3.30. The first kappa shape index (κ1) is 14.6. The van der Waals surface area contributed by atoms with Gasteiger partial charge in [-0.1, -0.05) is 19.1 Å². The first-order valence-electron chi connectivity index (χ1n) is 6.18. The molecule has 4 nitrogen and oxygen atoms in total. The second-order valence-electron chi connectivity index (χ2n) is 4.62. The highest BCUT2D eigenvalue weighted by atomic mass is 19.4. The molecule has 110 valence electrons. The number of alkyl halides is 3. The number of carbonyl (C=O) groups is 1. The van der Waals surface area contributed by atoms with E-state index >= 15 is 0 Å². The molecule has 20 heavy (non-hydrogen) atoms. The van der Waals surface area contributed by atoms with Crippen molar-refractivity contribution in [2.24, 2.45) is 0 Å². The molecular formula is C13H14F3NO3. The number of fused-ring (bicyclic) bond motifs is 1. The van der Waals surface area contributed by atoms with Gasteiger partial charge in [0.1, 0.15) is 11.8 Å². The van der Waals surface area contributed by atoms with Crippen molar-refractivity contribution >= 4 is 5.97 Å². The SMILES string of the molecule is CCC1Cc2c(OC(F)(F)F)cccc2C(C(=O)O)N1. The summed E-state index contributed by atoms with van der Waals surface area (Å²) in [5, 5.41) is 12.1. The van der Waals surface area contributed by atoms with Crippen molar-refractivity contribution in [3.8, 4) is 5.75 Å². The molecule has 2 N–H and O–H groups in total. The normalized spacial score (nSPS) is 22.2. The van der Waals surface area contributed by atoms with Crippen LogP contribution in [0.25, 0.3) is 0 Å².